The maximum absolute atomic E-state index is 13.1. The summed E-state index contributed by atoms with van der Waals surface area (Å²) in [6.45, 7) is 5.84. The van der Waals surface area contributed by atoms with Gasteiger partial charge in [-0.3, -0.25) is 9.59 Å². The lowest BCUT2D eigenvalue weighted by atomic mass is 9.92. The number of oxime groups is 2. The molecule has 5 rings (SSSR count). The van der Waals surface area contributed by atoms with Gasteiger partial charge in [-0.2, -0.15) is 0 Å². The summed E-state index contributed by atoms with van der Waals surface area (Å²) >= 11 is 20.5. The number of halogens is 6. The van der Waals surface area contributed by atoms with Gasteiger partial charge in [0.25, 0.3) is 5.91 Å². The van der Waals surface area contributed by atoms with Crippen LogP contribution in [0.1, 0.15) is 43.9 Å². The maximum Gasteiger partial charge on any atom is 0.407 e. The predicted octanol–water partition coefficient (Wildman–Crippen LogP) is 9.44. The van der Waals surface area contributed by atoms with Crippen LogP contribution in [0.3, 0.4) is 0 Å². The van der Waals surface area contributed by atoms with Gasteiger partial charge in [0.2, 0.25) is 5.78 Å². The molecule has 5 N–H and O–H groups in total. The van der Waals surface area contributed by atoms with Crippen molar-refractivity contribution in [1.82, 2.24) is 10.6 Å². The molecule has 1 aliphatic carbocycles. The van der Waals surface area contributed by atoms with Gasteiger partial charge in [-0.25, -0.2) is 9.59 Å². The third kappa shape index (κ3) is 12.0. The molecule has 318 valence electrons. The number of nitrogens with zero attached hydrogens (tertiary/aromatic N) is 2. The van der Waals surface area contributed by atoms with Crippen LogP contribution in [-0.4, -0.2) is 75.0 Å². The molecular formula is C39H34Br6N4O11. The Kier molecular flexibility index (Phi) is 15.7. The number of Topliss-reactive ketones (excluding diaryl/α,β-unsaturated/α-hetero) is 1. The van der Waals surface area contributed by atoms with Crippen molar-refractivity contribution in [2.24, 2.45) is 10.3 Å². The topological polar surface area (TPSA) is 215 Å². The number of carbonyl (C=O) groups is 4. The van der Waals surface area contributed by atoms with E-state index in [1.54, 1.807) is 45.0 Å². The van der Waals surface area contributed by atoms with E-state index in [0.717, 1.165) is 5.56 Å². The van der Waals surface area contributed by atoms with Crippen molar-refractivity contribution in [2.45, 2.75) is 57.7 Å². The lowest BCUT2D eigenvalue weighted by Gasteiger charge is -2.25. The first-order chi connectivity index (χ1) is 28.2. The van der Waals surface area contributed by atoms with Crippen LogP contribution in [0.25, 0.3) is 0 Å². The SMILES string of the molecule is CC(C)(C)OC(=O)NCCc1cc(Br)c(Oc2cc(CCNC(=O)/C(Cc3cc(Br)c(OC4=CC5(C=C(Br)C4=O)C/C(=N\O)C(=O)O5)c(Br)c3)=N/O)cc(Br)c2O)c(Br)c1. The van der Waals surface area contributed by atoms with Crippen LogP contribution < -0.4 is 20.1 Å². The second kappa shape index (κ2) is 20.0. The maximum atomic E-state index is 13.1. The number of ketones is 1. The zero-order valence-electron chi connectivity index (χ0n) is 31.6. The van der Waals surface area contributed by atoms with Crippen molar-refractivity contribution in [3.8, 4) is 23.0 Å². The molecular weight excluding hydrogens is 1180 g/mol. The van der Waals surface area contributed by atoms with Crippen LogP contribution >= 0.6 is 95.6 Å². The number of esters is 1. The van der Waals surface area contributed by atoms with Gasteiger partial charge in [-0.15, -0.1) is 0 Å². The number of phenols is 1. The molecule has 2 amide bonds. The Morgan fingerprint density at radius 1 is 0.800 bits per heavy atom. The Morgan fingerprint density at radius 2 is 1.35 bits per heavy atom. The molecule has 15 nitrogen and oxygen atoms in total. The van der Waals surface area contributed by atoms with Gasteiger partial charge >= 0.3 is 12.1 Å². The summed E-state index contributed by atoms with van der Waals surface area (Å²) in [5, 5.41) is 41.4. The number of phenolic OH excluding ortho intramolecular Hbond substituents is 1. The summed E-state index contributed by atoms with van der Waals surface area (Å²) in [7, 11) is 0. The number of aromatic hydroxyl groups is 1. The molecule has 1 spiro atoms. The quantitative estimate of drug-likeness (QED) is 0.0470. The minimum absolute atomic E-state index is 0.0739. The molecule has 3 aromatic rings. The van der Waals surface area contributed by atoms with E-state index in [1.165, 1.54) is 12.2 Å². The Bertz CT molecular complexity index is 2330. The first-order valence-corrected chi connectivity index (χ1v) is 22.4. The van der Waals surface area contributed by atoms with Crippen LogP contribution in [-0.2, 0) is 43.1 Å². The summed E-state index contributed by atoms with van der Waals surface area (Å²) in [5.74, 6) is -1.58. The van der Waals surface area contributed by atoms with Gasteiger partial charge in [0.05, 0.1) is 26.8 Å². The van der Waals surface area contributed by atoms with Gasteiger partial charge in [-0.05, 0) is 188 Å². The molecule has 2 aliphatic rings. The molecule has 1 heterocycles. The highest BCUT2D eigenvalue weighted by Gasteiger charge is 2.46. The van der Waals surface area contributed by atoms with Crippen molar-refractivity contribution < 1.29 is 53.6 Å². The van der Waals surface area contributed by atoms with E-state index in [-0.39, 0.29) is 58.3 Å². The fourth-order valence-corrected chi connectivity index (χ4v) is 9.74. The molecule has 3 aromatic carbocycles. The highest BCUT2D eigenvalue weighted by molar-refractivity contribution is 9.12. The van der Waals surface area contributed by atoms with E-state index >= 15 is 0 Å². The minimum atomic E-state index is -1.40. The van der Waals surface area contributed by atoms with Crippen molar-refractivity contribution >= 4 is 131 Å². The number of hydrogen-bond donors (Lipinski definition) is 5. The number of benzene rings is 3. The van der Waals surface area contributed by atoms with E-state index in [9.17, 15) is 29.5 Å². The van der Waals surface area contributed by atoms with E-state index in [0.29, 0.717) is 58.6 Å². The molecule has 21 heteroatoms. The van der Waals surface area contributed by atoms with Crippen molar-refractivity contribution in [3.63, 3.8) is 0 Å². The molecule has 0 aromatic heterocycles. The fraction of sp³-hybridized carbons (Fsp3) is 0.282. The molecule has 1 fully saturated rings. The zero-order chi connectivity index (χ0) is 44.1. The van der Waals surface area contributed by atoms with Gasteiger partial charge in [0.15, 0.2) is 40.1 Å². The molecule has 1 atom stereocenters. The Balaban J connectivity index is 1.19. The van der Waals surface area contributed by atoms with Crippen molar-refractivity contribution in [1.29, 1.82) is 0 Å². The third-order valence-electron chi connectivity index (χ3n) is 8.43. The number of allylic oxidation sites excluding steroid dienone is 1. The average molecular weight is 1210 g/mol. The van der Waals surface area contributed by atoms with Crippen LogP contribution in [0.5, 0.6) is 23.0 Å². The number of alkyl carbamates (subject to hydrolysis) is 1. The van der Waals surface area contributed by atoms with Crippen molar-refractivity contribution in [3.05, 3.63) is 97.8 Å². The number of carbonyl (C=O) groups excluding carboxylic acids is 4. The largest absolute Gasteiger partial charge is 0.503 e. The van der Waals surface area contributed by atoms with Gasteiger partial charge in [-0.1, -0.05) is 10.3 Å². The normalized spacial score (nSPS) is 17.3. The fourth-order valence-electron chi connectivity index (χ4n) is 5.78. The van der Waals surface area contributed by atoms with Gasteiger partial charge in [0.1, 0.15) is 11.3 Å². The van der Waals surface area contributed by atoms with Crippen LogP contribution in [0.4, 0.5) is 4.79 Å². The number of ether oxygens (including phenoxy) is 4. The van der Waals surface area contributed by atoms with Crippen LogP contribution in [0, 0.1) is 0 Å². The summed E-state index contributed by atoms with van der Waals surface area (Å²) in [5.41, 5.74) is -0.285. The van der Waals surface area contributed by atoms with Crippen LogP contribution in [0.2, 0.25) is 0 Å². The molecule has 0 saturated carbocycles. The molecule has 60 heavy (non-hydrogen) atoms. The van der Waals surface area contributed by atoms with Gasteiger partial charge in [0, 0.05) is 32.0 Å². The number of rotatable bonds is 13. The Morgan fingerprint density at radius 3 is 1.92 bits per heavy atom. The standard InChI is InChI=1S/C39H34Br6N4O11/c1-38(2,3)60-37(54)47-7-5-18-9-22(41)33(23(42)10-18)57-29-14-19(8-21(40)31(29)50)4-6-46-35(52)27(48-55)13-20-11-24(43)34(25(44)12-20)58-30-17-39(15-26(45)32(30)51)16-28(49-56)36(53)59-39/h8-12,14-15,17,50,55-56H,4-7,13,16H2,1-3H3,(H,46,52)(H,47,54)/b48-27+,49-28+. The molecule has 0 radical (unpaired) electrons. The summed E-state index contributed by atoms with van der Waals surface area (Å²) in [4.78, 5) is 50.2. The first-order valence-electron chi connectivity index (χ1n) is 17.6. The molecule has 1 saturated heterocycles. The molecule has 1 aliphatic heterocycles. The summed E-state index contributed by atoms with van der Waals surface area (Å²) < 4.78 is 25.1. The average Bonchev–Trinajstić information content (AvgIpc) is 3.46. The third-order valence-corrected chi connectivity index (χ3v) is 12.0. The highest BCUT2D eigenvalue weighted by atomic mass is 79.9. The summed E-state index contributed by atoms with van der Waals surface area (Å²) in [6.07, 6.45) is 2.81. The van der Waals surface area contributed by atoms with E-state index in [1.807, 2.05) is 12.1 Å². The lowest BCUT2D eigenvalue weighted by molar-refractivity contribution is -0.139. The predicted molar refractivity (Wildman–Crippen MR) is 241 cm³/mol. The van der Waals surface area contributed by atoms with E-state index < -0.39 is 35.0 Å². The van der Waals surface area contributed by atoms with E-state index in [4.69, 9.17) is 24.2 Å². The van der Waals surface area contributed by atoms with Crippen molar-refractivity contribution in [2.75, 3.05) is 13.1 Å². The molecule has 1 unspecified atom stereocenters. The zero-order valence-corrected chi connectivity index (χ0v) is 41.1. The number of nitrogens with one attached hydrogen (secondary N) is 2. The number of amides is 2. The lowest BCUT2D eigenvalue weighted by Crippen LogP contribution is -2.33. The second-order valence-corrected chi connectivity index (χ2v) is 19.3. The Hall–Kier alpha value is -3.76. The Labute approximate surface area is 393 Å². The summed E-state index contributed by atoms with van der Waals surface area (Å²) in [6, 6.07) is 10.2. The van der Waals surface area contributed by atoms with Crippen LogP contribution in [0.15, 0.2) is 91.5 Å². The minimum Gasteiger partial charge on any atom is -0.503 e. The smallest absolute Gasteiger partial charge is 0.407 e. The molecule has 0 bridgehead atoms. The second-order valence-electron chi connectivity index (χ2n) is 14.2. The van der Waals surface area contributed by atoms with E-state index in [2.05, 4.69) is 117 Å². The number of hydrogen-bond acceptors (Lipinski definition) is 13. The monoisotopic (exact) mass is 1210 g/mol. The first kappa shape index (κ1) is 47.3. The van der Waals surface area contributed by atoms with Gasteiger partial charge < -0.3 is 45.1 Å². The highest BCUT2D eigenvalue weighted by Crippen LogP contribution is 2.44.